The van der Waals surface area contributed by atoms with Crippen molar-refractivity contribution in [1.82, 2.24) is 9.80 Å². The third kappa shape index (κ3) is 4.49. The summed E-state index contributed by atoms with van der Waals surface area (Å²) in [5, 5.41) is 0. The van der Waals surface area contributed by atoms with Crippen molar-refractivity contribution in [2.24, 2.45) is 16.7 Å². The Morgan fingerprint density at radius 2 is 1.61 bits per heavy atom. The summed E-state index contributed by atoms with van der Waals surface area (Å²) >= 11 is 0. The van der Waals surface area contributed by atoms with E-state index in [-0.39, 0.29) is 38.4 Å². The molecule has 0 N–H and O–H groups in total. The number of imide groups is 1. The smallest absolute Gasteiger partial charge is 0.311 e. The molecule has 1 aromatic carbocycles. The zero-order valence-electron chi connectivity index (χ0n) is 19.7. The minimum atomic E-state index is -1.03. The highest BCUT2D eigenvalue weighted by Gasteiger charge is 2.50. The van der Waals surface area contributed by atoms with E-state index in [1.807, 2.05) is 0 Å². The van der Waals surface area contributed by atoms with Gasteiger partial charge in [0.15, 0.2) is 0 Å². The first kappa shape index (κ1) is 24.4. The van der Waals surface area contributed by atoms with E-state index < -0.39 is 40.5 Å². The Labute approximate surface area is 193 Å². The van der Waals surface area contributed by atoms with Crippen LogP contribution in [0.25, 0.3) is 0 Å². The maximum atomic E-state index is 13.5. The van der Waals surface area contributed by atoms with Crippen LogP contribution in [0.2, 0.25) is 0 Å². The van der Waals surface area contributed by atoms with E-state index in [4.69, 9.17) is 9.47 Å². The van der Waals surface area contributed by atoms with Crippen LogP contribution in [0, 0.1) is 16.7 Å². The van der Waals surface area contributed by atoms with Crippen LogP contribution < -0.4 is 0 Å². The topological polar surface area (TPSA) is 110 Å². The predicted molar refractivity (Wildman–Crippen MR) is 117 cm³/mol. The highest BCUT2D eigenvalue weighted by Crippen LogP contribution is 2.44. The number of nitrogens with zero attached hydrogens (tertiary/aromatic N) is 2. The van der Waals surface area contributed by atoms with Gasteiger partial charge in [-0.3, -0.25) is 28.9 Å². The van der Waals surface area contributed by atoms with Crippen LogP contribution in [0.15, 0.2) is 24.3 Å². The summed E-state index contributed by atoms with van der Waals surface area (Å²) in [6, 6.07) is 6.58. The Hall–Kier alpha value is -3.23. The second kappa shape index (κ2) is 8.96. The van der Waals surface area contributed by atoms with Crippen molar-refractivity contribution in [3.05, 3.63) is 35.4 Å². The van der Waals surface area contributed by atoms with Crippen LogP contribution in [-0.2, 0) is 23.9 Å². The number of amides is 3. The average molecular weight is 459 g/mol. The Kier molecular flexibility index (Phi) is 6.63. The molecule has 0 aliphatic carbocycles. The number of carbonyl (C=O) groups is 5. The SMILES string of the molecule is COC(=O)C1CN(CCN2C(=O)c3ccccc3C2=O)C(=O)C(C)(CC(C)(C)C(=O)OC)C1. The second-order valence-electron chi connectivity index (χ2n) is 9.60. The molecule has 2 unspecified atom stereocenters. The lowest BCUT2D eigenvalue weighted by atomic mass is 9.67. The fourth-order valence-corrected chi connectivity index (χ4v) is 5.08. The van der Waals surface area contributed by atoms with E-state index in [1.54, 1.807) is 45.0 Å². The molecule has 2 aliphatic rings. The molecule has 1 aromatic rings. The molecular formula is C24H30N2O7. The number of carbonyl (C=O) groups excluding carboxylic acids is 5. The van der Waals surface area contributed by atoms with Gasteiger partial charge in [-0.05, 0) is 38.8 Å². The van der Waals surface area contributed by atoms with Crippen molar-refractivity contribution in [3.8, 4) is 0 Å². The summed E-state index contributed by atoms with van der Waals surface area (Å²) in [5.41, 5.74) is -1.31. The average Bonchev–Trinajstić information content (AvgIpc) is 3.03. The number of esters is 2. The molecule has 3 rings (SSSR count). The van der Waals surface area contributed by atoms with E-state index in [1.165, 1.54) is 19.1 Å². The molecule has 3 amide bonds. The second-order valence-corrected chi connectivity index (χ2v) is 9.60. The Morgan fingerprint density at radius 3 is 2.12 bits per heavy atom. The Morgan fingerprint density at radius 1 is 1.03 bits per heavy atom. The Bertz CT molecular complexity index is 967. The molecule has 1 saturated heterocycles. The lowest BCUT2D eigenvalue weighted by molar-refractivity contribution is -0.163. The van der Waals surface area contributed by atoms with E-state index in [0.717, 1.165) is 4.90 Å². The molecule has 2 heterocycles. The van der Waals surface area contributed by atoms with E-state index in [9.17, 15) is 24.0 Å². The minimum absolute atomic E-state index is 0.00243. The summed E-state index contributed by atoms with van der Waals surface area (Å²) in [4.78, 5) is 66.2. The van der Waals surface area contributed by atoms with Gasteiger partial charge in [0.1, 0.15) is 0 Å². The van der Waals surface area contributed by atoms with Gasteiger partial charge in [0.25, 0.3) is 11.8 Å². The van der Waals surface area contributed by atoms with Crippen LogP contribution in [0.3, 0.4) is 0 Å². The molecular weight excluding hydrogens is 428 g/mol. The molecule has 1 fully saturated rings. The molecule has 9 heteroatoms. The monoisotopic (exact) mass is 458 g/mol. The van der Waals surface area contributed by atoms with Gasteiger partial charge >= 0.3 is 11.9 Å². The number of ether oxygens (including phenoxy) is 2. The summed E-state index contributed by atoms with van der Waals surface area (Å²) < 4.78 is 9.82. The molecule has 2 aliphatic heterocycles. The highest BCUT2D eigenvalue weighted by molar-refractivity contribution is 6.21. The number of piperidine rings is 1. The molecule has 9 nitrogen and oxygen atoms in total. The van der Waals surface area contributed by atoms with Crippen molar-refractivity contribution in [3.63, 3.8) is 0 Å². The number of hydrogen-bond donors (Lipinski definition) is 0. The first-order valence-electron chi connectivity index (χ1n) is 10.9. The molecule has 178 valence electrons. The van der Waals surface area contributed by atoms with Crippen LogP contribution in [0.4, 0.5) is 0 Å². The van der Waals surface area contributed by atoms with Gasteiger partial charge < -0.3 is 14.4 Å². The van der Waals surface area contributed by atoms with E-state index in [2.05, 4.69) is 0 Å². The zero-order valence-corrected chi connectivity index (χ0v) is 19.7. The van der Waals surface area contributed by atoms with Crippen LogP contribution >= 0.6 is 0 Å². The summed E-state index contributed by atoms with van der Waals surface area (Å²) in [7, 11) is 2.58. The lowest BCUT2D eigenvalue weighted by Gasteiger charge is -2.45. The van der Waals surface area contributed by atoms with Crippen LogP contribution in [0.1, 0.15) is 54.3 Å². The first-order valence-corrected chi connectivity index (χ1v) is 10.9. The maximum absolute atomic E-state index is 13.5. The number of likely N-dealkylation sites (tertiary alicyclic amines) is 1. The number of fused-ring (bicyclic) bond motifs is 1. The minimum Gasteiger partial charge on any atom is -0.469 e. The van der Waals surface area contributed by atoms with Crippen LogP contribution in [0.5, 0.6) is 0 Å². The fraction of sp³-hybridized carbons (Fsp3) is 0.542. The van der Waals surface area contributed by atoms with Crippen molar-refractivity contribution in [1.29, 1.82) is 0 Å². The molecule has 0 bridgehead atoms. The summed E-state index contributed by atoms with van der Waals surface area (Å²) in [5.74, 6) is -2.53. The quantitative estimate of drug-likeness (QED) is 0.453. The van der Waals surface area contributed by atoms with Gasteiger partial charge in [-0.2, -0.15) is 0 Å². The predicted octanol–water partition coefficient (Wildman–Crippen LogP) is 1.90. The van der Waals surface area contributed by atoms with Crippen molar-refractivity contribution in [2.45, 2.75) is 33.6 Å². The molecule has 0 saturated carbocycles. The molecule has 2 atom stereocenters. The lowest BCUT2D eigenvalue weighted by Crippen LogP contribution is -2.56. The molecule has 33 heavy (non-hydrogen) atoms. The van der Waals surface area contributed by atoms with Gasteiger partial charge in [-0.15, -0.1) is 0 Å². The third-order valence-corrected chi connectivity index (χ3v) is 6.52. The zero-order chi connectivity index (χ0) is 24.6. The van der Waals surface area contributed by atoms with Gasteiger partial charge in [0, 0.05) is 25.0 Å². The normalized spacial score (nSPS) is 22.9. The molecule has 0 aromatic heterocycles. The summed E-state index contributed by atoms with van der Waals surface area (Å²) in [6.45, 7) is 5.31. The molecule has 0 spiro atoms. The van der Waals surface area contributed by atoms with Gasteiger partial charge in [-0.1, -0.05) is 19.1 Å². The first-order chi connectivity index (χ1) is 15.4. The largest absolute Gasteiger partial charge is 0.469 e. The van der Waals surface area contributed by atoms with Crippen molar-refractivity contribution >= 4 is 29.7 Å². The van der Waals surface area contributed by atoms with Crippen molar-refractivity contribution in [2.75, 3.05) is 33.9 Å². The standard InChI is InChI=1S/C24H30N2O7/c1-23(2,22(31)33-5)14-24(3)12-15(20(29)32-4)13-25(21(24)30)10-11-26-18(27)16-8-6-7-9-17(16)19(26)28/h6-9,15H,10-14H2,1-5H3. The fourth-order valence-electron chi connectivity index (χ4n) is 5.08. The highest BCUT2D eigenvalue weighted by atomic mass is 16.5. The van der Waals surface area contributed by atoms with E-state index >= 15 is 0 Å². The Balaban J connectivity index is 1.81. The number of benzene rings is 1. The van der Waals surface area contributed by atoms with Crippen molar-refractivity contribution < 1.29 is 33.4 Å². The maximum Gasteiger partial charge on any atom is 0.311 e. The van der Waals surface area contributed by atoms with E-state index in [0.29, 0.717) is 11.1 Å². The van der Waals surface area contributed by atoms with Gasteiger partial charge in [0.2, 0.25) is 5.91 Å². The molecule has 0 radical (unpaired) electrons. The van der Waals surface area contributed by atoms with Gasteiger partial charge in [-0.25, -0.2) is 0 Å². The number of rotatable bonds is 7. The third-order valence-electron chi connectivity index (χ3n) is 6.52. The van der Waals surface area contributed by atoms with Gasteiger partial charge in [0.05, 0.1) is 36.7 Å². The summed E-state index contributed by atoms with van der Waals surface area (Å²) in [6.07, 6.45) is 0.394. The number of methoxy groups -OCH3 is 2. The number of hydrogen-bond acceptors (Lipinski definition) is 7. The van der Waals surface area contributed by atoms with Crippen LogP contribution in [-0.4, -0.2) is 73.3 Å².